The lowest BCUT2D eigenvalue weighted by Gasteiger charge is -2.12. The first-order valence-corrected chi connectivity index (χ1v) is 9.81. The van der Waals surface area contributed by atoms with Gasteiger partial charge in [-0.3, -0.25) is 0 Å². The van der Waals surface area contributed by atoms with E-state index < -0.39 is 10.0 Å². The van der Waals surface area contributed by atoms with Gasteiger partial charge in [0.2, 0.25) is 10.0 Å². The van der Waals surface area contributed by atoms with Crippen LogP contribution in [0.4, 0.5) is 5.69 Å². The number of sulfonamides is 1. The van der Waals surface area contributed by atoms with Crippen LogP contribution >= 0.6 is 11.8 Å². The van der Waals surface area contributed by atoms with Gasteiger partial charge in [-0.25, -0.2) is 13.1 Å². The van der Waals surface area contributed by atoms with E-state index in [2.05, 4.69) is 16.3 Å². The molecule has 0 saturated carbocycles. The Morgan fingerprint density at radius 2 is 1.90 bits per heavy atom. The Balaban J connectivity index is 2.68. The SMILES string of the molecule is CCCNS(=O)(=O)c1ccccc1NCCCCSC. The summed E-state index contributed by atoms with van der Waals surface area (Å²) >= 11 is 1.83. The van der Waals surface area contributed by atoms with Crippen LogP contribution in [0.2, 0.25) is 0 Å². The van der Waals surface area contributed by atoms with Crippen molar-refractivity contribution in [2.45, 2.75) is 31.1 Å². The predicted octanol–water partition coefficient (Wildman–Crippen LogP) is 2.93. The lowest BCUT2D eigenvalue weighted by atomic mass is 10.3. The standard InChI is InChI=1S/C14H24N2O2S2/c1-3-10-16-20(17,18)14-9-5-4-8-13(14)15-11-6-7-12-19-2/h4-5,8-9,15-16H,3,6-7,10-12H2,1-2H3. The van der Waals surface area contributed by atoms with Crippen LogP contribution in [0.15, 0.2) is 29.2 Å². The van der Waals surface area contributed by atoms with Crippen LogP contribution in [-0.2, 0) is 10.0 Å². The zero-order chi connectivity index (χ0) is 14.8. The lowest BCUT2D eigenvalue weighted by Crippen LogP contribution is -2.25. The van der Waals surface area contributed by atoms with Gasteiger partial charge in [0.25, 0.3) is 0 Å². The molecule has 1 aromatic carbocycles. The minimum atomic E-state index is -3.42. The fourth-order valence-corrected chi connectivity index (χ4v) is 3.56. The van der Waals surface area contributed by atoms with Crippen LogP contribution in [0.3, 0.4) is 0 Å². The Bertz CT molecular complexity index is 490. The van der Waals surface area contributed by atoms with Crippen molar-refractivity contribution in [3.63, 3.8) is 0 Å². The van der Waals surface area contributed by atoms with E-state index in [4.69, 9.17) is 0 Å². The Kier molecular flexibility index (Phi) is 8.02. The minimum absolute atomic E-state index is 0.332. The number of nitrogens with one attached hydrogen (secondary N) is 2. The molecule has 4 nitrogen and oxygen atoms in total. The van der Waals surface area contributed by atoms with Crippen molar-refractivity contribution >= 4 is 27.5 Å². The third-order valence-corrected chi connectivity index (χ3v) is 5.03. The van der Waals surface area contributed by atoms with Crippen molar-refractivity contribution in [1.82, 2.24) is 4.72 Å². The Labute approximate surface area is 126 Å². The number of unbranched alkanes of at least 4 members (excludes halogenated alkanes) is 1. The summed E-state index contributed by atoms with van der Waals surface area (Å²) in [5, 5.41) is 3.23. The molecule has 0 fully saturated rings. The van der Waals surface area contributed by atoms with Gasteiger partial charge in [-0.2, -0.15) is 11.8 Å². The highest BCUT2D eigenvalue weighted by molar-refractivity contribution is 7.98. The summed E-state index contributed by atoms with van der Waals surface area (Å²) in [5.74, 6) is 1.14. The number of rotatable bonds is 10. The number of hydrogen-bond acceptors (Lipinski definition) is 4. The van der Waals surface area contributed by atoms with E-state index in [-0.39, 0.29) is 0 Å². The van der Waals surface area contributed by atoms with Gasteiger partial charge in [0.1, 0.15) is 4.90 Å². The summed E-state index contributed by atoms with van der Waals surface area (Å²) < 4.78 is 27.0. The highest BCUT2D eigenvalue weighted by Gasteiger charge is 2.16. The fourth-order valence-electron chi connectivity index (χ4n) is 1.76. The topological polar surface area (TPSA) is 58.2 Å². The van der Waals surface area contributed by atoms with Gasteiger partial charge >= 0.3 is 0 Å². The van der Waals surface area contributed by atoms with Crippen molar-refractivity contribution in [2.75, 3.05) is 30.4 Å². The average molecular weight is 316 g/mol. The van der Waals surface area contributed by atoms with Gasteiger partial charge < -0.3 is 5.32 Å². The second kappa shape index (κ2) is 9.26. The van der Waals surface area contributed by atoms with Crippen molar-refractivity contribution in [3.8, 4) is 0 Å². The van der Waals surface area contributed by atoms with E-state index in [1.807, 2.05) is 30.8 Å². The number of hydrogen-bond donors (Lipinski definition) is 2. The van der Waals surface area contributed by atoms with Crippen LogP contribution in [-0.4, -0.2) is 33.5 Å². The van der Waals surface area contributed by atoms with Gasteiger partial charge in [-0.1, -0.05) is 19.1 Å². The van der Waals surface area contributed by atoms with Crippen molar-refractivity contribution in [1.29, 1.82) is 0 Å². The van der Waals surface area contributed by atoms with Gasteiger partial charge in [0, 0.05) is 13.1 Å². The average Bonchev–Trinajstić information content (AvgIpc) is 2.45. The molecule has 0 aliphatic heterocycles. The molecule has 0 unspecified atom stereocenters. The van der Waals surface area contributed by atoms with Crippen LogP contribution in [0.25, 0.3) is 0 Å². The normalized spacial score (nSPS) is 11.5. The van der Waals surface area contributed by atoms with E-state index in [1.54, 1.807) is 12.1 Å². The van der Waals surface area contributed by atoms with E-state index in [9.17, 15) is 8.42 Å². The minimum Gasteiger partial charge on any atom is -0.384 e. The second-order valence-corrected chi connectivity index (χ2v) is 7.24. The van der Waals surface area contributed by atoms with E-state index in [0.29, 0.717) is 17.1 Å². The Hall–Kier alpha value is -0.720. The number of thioether (sulfide) groups is 1. The van der Waals surface area contributed by atoms with Crippen molar-refractivity contribution in [2.24, 2.45) is 0 Å². The van der Waals surface area contributed by atoms with E-state index in [0.717, 1.165) is 31.6 Å². The molecule has 1 rings (SSSR count). The molecule has 0 spiro atoms. The zero-order valence-corrected chi connectivity index (χ0v) is 13.8. The summed E-state index contributed by atoms with van der Waals surface area (Å²) in [5.41, 5.74) is 0.681. The molecule has 0 aromatic heterocycles. The molecule has 0 atom stereocenters. The summed E-state index contributed by atoms with van der Waals surface area (Å²) in [6, 6.07) is 7.06. The molecule has 0 amide bonds. The predicted molar refractivity (Wildman–Crippen MR) is 88.0 cm³/mol. The monoisotopic (exact) mass is 316 g/mol. The second-order valence-electron chi connectivity index (χ2n) is 4.52. The van der Waals surface area contributed by atoms with Gasteiger partial charge in [0.15, 0.2) is 0 Å². The summed E-state index contributed by atoms with van der Waals surface area (Å²) in [6.45, 7) is 3.20. The summed E-state index contributed by atoms with van der Waals surface area (Å²) in [6.07, 6.45) is 5.05. The third kappa shape index (κ3) is 5.73. The Morgan fingerprint density at radius 1 is 1.15 bits per heavy atom. The molecule has 114 valence electrons. The number of anilines is 1. The molecule has 20 heavy (non-hydrogen) atoms. The van der Waals surface area contributed by atoms with Crippen LogP contribution in [0.1, 0.15) is 26.2 Å². The molecule has 1 aromatic rings. The maximum absolute atomic E-state index is 12.2. The van der Waals surface area contributed by atoms with Gasteiger partial charge in [0.05, 0.1) is 5.69 Å². The maximum atomic E-state index is 12.2. The molecular formula is C14H24N2O2S2. The molecule has 2 N–H and O–H groups in total. The molecule has 0 aliphatic carbocycles. The third-order valence-electron chi connectivity index (χ3n) is 2.81. The number of benzene rings is 1. The quantitative estimate of drug-likeness (QED) is 0.652. The van der Waals surface area contributed by atoms with E-state index in [1.165, 1.54) is 0 Å². The summed E-state index contributed by atoms with van der Waals surface area (Å²) in [4.78, 5) is 0.332. The number of para-hydroxylation sites is 1. The lowest BCUT2D eigenvalue weighted by molar-refractivity contribution is 0.581. The maximum Gasteiger partial charge on any atom is 0.242 e. The largest absolute Gasteiger partial charge is 0.384 e. The highest BCUT2D eigenvalue weighted by atomic mass is 32.2. The molecule has 0 radical (unpaired) electrons. The first kappa shape index (κ1) is 17.3. The zero-order valence-electron chi connectivity index (χ0n) is 12.2. The molecular weight excluding hydrogens is 292 g/mol. The first-order chi connectivity index (χ1) is 9.61. The van der Waals surface area contributed by atoms with Crippen molar-refractivity contribution < 1.29 is 8.42 Å². The first-order valence-electron chi connectivity index (χ1n) is 6.93. The fraction of sp³-hybridized carbons (Fsp3) is 0.571. The van der Waals surface area contributed by atoms with Crippen LogP contribution in [0.5, 0.6) is 0 Å². The van der Waals surface area contributed by atoms with Gasteiger partial charge in [-0.05, 0) is 43.4 Å². The van der Waals surface area contributed by atoms with Crippen LogP contribution in [0, 0.1) is 0 Å². The Morgan fingerprint density at radius 3 is 2.60 bits per heavy atom. The van der Waals surface area contributed by atoms with Gasteiger partial charge in [-0.15, -0.1) is 0 Å². The van der Waals surface area contributed by atoms with Crippen LogP contribution < -0.4 is 10.0 Å². The van der Waals surface area contributed by atoms with E-state index >= 15 is 0 Å². The molecule has 0 bridgehead atoms. The molecule has 0 heterocycles. The highest BCUT2D eigenvalue weighted by Crippen LogP contribution is 2.20. The smallest absolute Gasteiger partial charge is 0.242 e. The molecule has 0 aliphatic rings. The van der Waals surface area contributed by atoms with Crippen molar-refractivity contribution in [3.05, 3.63) is 24.3 Å². The molecule has 6 heteroatoms. The summed E-state index contributed by atoms with van der Waals surface area (Å²) in [7, 11) is -3.42. The molecule has 0 saturated heterocycles.